The van der Waals surface area contributed by atoms with Crippen molar-refractivity contribution in [2.75, 3.05) is 0 Å². The zero-order valence-electron chi connectivity index (χ0n) is 7.53. The first-order valence-corrected chi connectivity index (χ1v) is 3.89. The normalized spacial score (nSPS) is 9.38. The van der Waals surface area contributed by atoms with Crippen molar-refractivity contribution in [3.05, 3.63) is 29.8 Å². The van der Waals surface area contributed by atoms with Crippen molar-refractivity contribution in [3.63, 3.8) is 0 Å². The second kappa shape index (κ2) is 3.85. The van der Waals surface area contributed by atoms with Crippen molar-refractivity contribution in [1.29, 1.82) is 0 Å². The molecule has 1 rings (SSSR count). The second-order valence-corrected chi connectivity index (χ2v) is 2.76. The van der Waals surface area contributed by atoms with Gasteiger partial charge in [0.2, 0.25) is 5.78 Å². The van der Waals surface area contributed by atoms with Crippen LogP contribution in [0.25, 0.3) is 0 Å². The summed E-state index contributed by atoms with van der Waals surface area (Å²) in [4.78, 5) is 21.4. The molecule has 0 fully saturated rings. The Hall–Kier alpha value is -1.64. The van der Waals surface area contributed by atoms with Crippen molar-refractivity contribution < 1.29 is 14.3 Å². The Labute approximate surface area is 76.3 Å². The lowest BCUT2D eigenvalue weighted by Gasteiger charge is -2.00. The van der Waals surface area contributed by atoms with Crippen molar-refractivity contribution in [2.45, 2.75) is 13.8 Å². The summed E-state index contributed by atoms with van der Waals surface area (Å²) < 4.78 is 4.74. The molecule has 1 aromatic carbocycles. The van der Waals surface area contributed by atoms with Crippen molar-refractivity contribution in [3.8, 4) is 5.75 Å². The second-order valence-electron chi connectivity index (χ2n) is 2.76. The van der Waals surface area contributed by atoms with Crippen LogP contribution in [-0.4, -0.2) is 11.8 Å². The highest BCUT2D eigenvalue weighted by molar-refractivity contribution is 6.33. The molecule has 0 aliphatic carbocycles. The number of esters is 1. The van der Waals surface area contributed by atoms with Gasteiger partial charge in [-0.05, 0) is 19.1 Å². The summed E-state index contributed by atoms with van der Waals surface area (Å²) in [5.41, 5.74) is 1.07. The lowest BCUT2D eigenvalue weighted by Crippen LogP contribution is -2.16. The highest BCUT2D eigenvalue weighted by atomic mass is 16.5. The Morgan fingerprint density at radius 2 is 1.69 bits per heavy atom. The van der Waals surface area contributed by atoms with E-state index in [4.69, 9.17) is 4.74 Å². The maximum Gasteiger partial charge on any atom is 0.379 e. The molecular formula is C10H10O3. The van der Waals surface area contributed by atoms with Gasteiger partial charge in [0.05, 0.1) is 0 Å². The van der Waals surface area contributed by atoms with E-state index in [1.807, 2.05) is 19.1 Å². The van der Waals surface area contributed by atoms with E-state index in [1.165, 1.54) is 6.92 Å². The fourth-order valence-electron chi connectivity index (χ4n) is 0.785. The van der Waals surface area contributed by atoms with Crippen LogP contribution in [-0.2, 0) is 9.59 Å². The van der Waals surface area contributed by atoms with E-state index in [1.54, 1.807) is 12.1 Å². The highest BCUT2D eigenvalue weighted by Crippen LogP contribution is 2.11. The van der Waals surface area contributed by atoms with Gasteiger partial charge in [0.1, 0.15) is 5.75 Å². The van der Waals surface area contributed by atoms with E-state index in [-0.39, 0.29) is 0 Å². The van der Waals surface area contributed by atoms with Gasteiger partial charge >= 0.3 is 5.97 Å². The van der Waals surface area contributed by atoms with Gasteiger partial charge in [-0.1, -0.05) is 17.7 Å². The number of carbonyl (C=O) groups is 2. The maximum atomic E-state index is 10.8. The fourth-order valence-corrected chi connectivity index (χ4v) is 0.785. The Morgan fingerprint density at radius 1 is 1.15 bits per heavy atom. The summed E-state index contributed by atoms with van der Waals surface area (Å²) in [6, 6.07) is 6.91. The van der Waals surface area contributed by atoms with Gasteiger partial charge in [0.25, 0.3) is 0 Å². The Kier molecular flexibility index (Phi) is 2.80. The van der Waals surface area contributed by atoms with Gasteiger partial charge in [-0.3, -0.25) is 4.79 Å². The first-order chi connectivity index (χ1) is 6.09. The van der Waals surface area contributed by atoms with E-state index in [0.717, 1.165) is 5.56 Å². The number of ether oxygens (including phenoxy) is 1. The van der Waals surface area contributed by atoms with Gasteiger partial charge in [-0.25, -0.2) is 4.79 Å². The molecule has 0 bridgehead atoms. The minimum Gasteiger partial charge on any atom is -0.421 e. The molecule has 0 aromatic heterocycles. The smallest absolute Gasteiger partial charge is 0.379 e. The van der Waals surface area contributed by atoms with Crippen LogP contribution in [0.15, 0.2) is 24.3 Å². The number of hydrogen-bond donors (Lipinski definition) is 0. The molecule has 0 saturated heterocycles. The molecule has 3 nitrogen and oxygen atoms in total. The molecule has 0 aliphatic rings. The van der Waals surface area contributed by atoms with E-state index >= 15 is 0 Å². The van der Waals surface area contributed by atoms with Crippen LogP contribution in [0.2, 0.25) is 0 Å². The van der Waals surface area contributed by atoms with Gasteiger partial charge in [0.15, 0.2) is 0 Å². The summed E-state index contributed by atoms with van der Waals surface area (Å²) in [5, 5.41) is 0. The van der Waals surface area contributed by atoms with Crippen LogP contribution in [0, 0.1) is 6.92 Å². The first kappa shape index (κ1) is 9.45. The molecule has 0 heterocycles. The van der Waals surface area contributed by atoms with Crippen LogP contribution < -0.4 is 4.74 Å². The number of ketones is 1. The van der Waals surface area contributed by atoms with Gasteiger partial charge in [-0.15, -0.1) is 0 Å². The molecule has 0 amide bonds. The molecule has 0 aliphatic heterocycles. The molecule has 0 unspecified atom stereocenters. The Balaban J connectivity index is 2.70. The summed E-state index contributed by atoms with van der Waals surface area (Å²) in [6.07, 6.45) is 0. The number of carbonyl (C=O) groups excluding carboxylic acids is 2. The first-order valence-electron chi connectivity index (χ1n) is 3.89. The molecule has 68 valence electrons. The van der Waals surface area contributed by atoms with E-state index < -0.39 is 11.8 Å². The average molecular weight is 178 g/mol. The van der Waals surface area contributed by atoms with Gasteiger partial charge in [0, 0.05) is 6.92 Å². The quantitative estimate of drug-likeness (QED) is 0.391. The molecule has 3 heteroatoms. The Bertz CT molecular complexity index is 325. The predicted octanol–water partition coefficient (Wildman–Crippen LogP) is 1.49. The monoisotopic (exact) mass is 178 g/mol. The number of rotatable bonds is 2. The molecule has 1 aromatic rings. The van der Waals surface area contributed by atoms with E-state index in [2.05, 4.69) is 0 Å². The largest absolute Gasteiger partial charge is 0.421 e. The average Bonchev–Trinajstić information content (AvgIpc) is 2.08. The van der Waals surface area contributed by atoms with E-state index in [0.29, 0.717) is 5.75 Å². The molecule has 0 spiro atoms. The summed E-state index contributed by atoms with van der Waals surface area (Å²) in [6.45, 7) is 3.10. The third kappa shape index (κ3) is 2.71. The van der Waals surface area contributed by atoms with Crippen LogP contribution in [0.5, 0.6) is 5.75 Å². The Morgan fingerprint density at radius 3 is 2.15 bits per heavy atom. The lowest BCUT2D eigenvalue weighted by molar-refractivity contribution is -0.146. The minimum absolute atomic E-state index is 0.394. The maximum absolute atomic E-state index is 10.8. The predicted molar refractivity (Wildman–Crippen MR) is 47.5 cm³/mol. The third-order valence-corrected chi connectivity index (χ3v) is 1.52. The number of benzene rings is 1. The van der Waals surface area contributed by atoms with Crippen LogP contribution in [0.3, 0.4) is 0 Å². The third-order valence-electron chi connectivity index (χ3n) is 1.52. The zero-order chi connectivity index (χ0) is 9.84. The minimum atomic E-state index is -0.830. The van der Waals surface area contributed by atoms with Gasteiger partial charge in [-0.2, -0.15) is 0 Å². The standard InChI is InChI=1S/C10H10O3/c1-7-3-5-9(6-4-7)13-10(12)8(2)11/h3-6H,1-2H3. The SMILES string of the molecule is CC(=O)C(=O)Oc1ccc(C)cc1. The van der Waals surface area contributed by atoms with E-state index in [9.17, 15) is 9.59 Å². The number of hydrogen-bond acceptors (Lipinski definition) is 3. The van der Waals surface area contributed by atoms with Crippen LogP contribution in [0.4, 0.5) is 0 Å². The topological polar surface area (TPSA) is 43.4 Å². The van der Waals surface area contributed by atoms with Crippen molar-refractivity contribution in [1.82, 2.24) is 0 Å². The number of aryl methyl sites for hydroxylation is 1. The lowest BCUT2D eigenvalue weighted by atomic mass is 10.2. The number of Topliss-reactive ketones (excluding diaryl/α,β-unsaturated/α-hetero) is 1. The van der Waals surface area contributed by atoms with Gasteiger partial charge < -0.3 is 4.74 Å². The summed E-state index contributed by atoms with van der Waals surface area (Å²) >= 11 is 0. The highest BCUT2D eigenvalue weighted by Gasteiger charge is 2.09. The molecule has 0 N–H and O–H groups in total. The summed E-state index contributed by atoms with van der Waals surface area (Å²) in [7, 11) is 0. The zero-order valence-corrected chi connectivity index (χ0v) is 7.53. The molecule has 0 saturated carbocycles. The summed E-state index contributed by atoms with van der Waals surface area (Å²) in [5.74, 6) is -1.03. The van der Waals surface area contributed by atoms with Crippen LogP contribution >= 0.6 is 0 Å². The fraction of sp³-hybridized carbons (Fsp3) is 0.200. The molecular weight excluding hydrogens is 168 g/mol. The van der Waals surface area contributed by atoms with Crippen molar-refractivity contribution >= 4 is 11.8 Å². The molecule has 13 heavy (non-hydrogen) atoms. The van der Waals surface area contributed by atoms with Crippen LogP contribution in [0.1, 0.15) is 12.5 Å². The molecule has 0 atom stereocenters. The van der Waals surface area contributed by atoms with Crippen molar-refractivity contribution in [2.24, 2.45) is 0 Å². The molecule has 0 radical (unpaired) electrons.